The fourth-order valence-corrected chi connectivity index (χ4v) is 3.12. The van der Waals surface area contributed by atoms with Gasteiger partial charge in [0.25, 0.3) is 0 Å². The Morgan fingerprint density at radius 2 is 2.00 bits per heavy atom. The van der Waals surface area contributed by atoms with Crippen molar-refractivity contribution < 1.29 is 19.4 Å². The summed E-state index contributed by atoms with van der Waals surface area (Å²) in [6, 6.07) is 4.52. The predicted octanol–water partition coefficient (Wildman–Crippen LogP) is 2.35. The molecule has 1 atom stereocenters. The van der Waals surface area contributed by atoms with Gasteiger partial charge in [0.2, 0.25) is 5.91 Å². The molecule has 24 heavy (non-hydrogen) atoms. The number of rotatable bonds is 7. The number of hydrogen-bond donors (Lipinski definition) is 2. The molecule has 132 valence electrons. The Morgan fingerprint density at radius 3 is 2.62 bits per heavy atom. The average Bonchev–Trinajstić information content (AvgIpc) is 2.55. The van der Waals surface area contributed by atoms with Crippen LogP contribution in [0.5, 0.6) is 0 Å². The lowest BCUT2D eigenvalue weighted by atomic mass is 10.0. The molecule has 1 aromatic carbocycles. The lowest BCUT2D eigenvalue weighted by Gasteiger charge is -2.34. The lowest BCUT2D eigenvalue weighted by Crippen LogP contribution is -2.46. The second kappa shape index (κ2) is 9.22. The molecule has 6 nitrogen and oxygen atoms in total. The van der Waals surface area contributed by atoms with Crippen molar-refractivity contribution in [2.45, 2.75) is 18.9 Å². The van der Waals surface area contributed by atoms with Crippen molar-refractivity contribution in [3.63, 3.8) is 0 Å². The SMILES string of the molecule is O=C(O)CCCNC(=O)C(c1ccc(Cl)cc1Cl)N1CCOCC1. The van der Waals surface area contributed by atoms with E-state index >= 15 is 0 Å². The van der Waals surface area contributed by atoms with Gasteiger partial charge in [-0.3, -0.25) is 14.5 Å². The minimum absolute atomic E-state index is 0.0181. The third kappa shape index (κ3) is 5.34. The Labute approximate surface area is 150 Å². The molecule has 1 saturated heterocycles. The molecule has 0 saturated carbocycles. The molecule has 1 heterocycles. The number of halogens is 2. The van der Waals surface area contributed by atoms with E-state index in [9.17, 15) is 9.59 Å². The van der Waals surface area contributed by atoms with Crippen molar-refractivity contribution in [2.75, 3.05) is 32.8 Å². The number of ether oxygens (including phenoxy) is 1. The van der Waals surface area contributed by atoms with E-state index in [4.69, 9.17) is 33.0 Å². The zero-order chi connectivity index (χ0) is 17.5. The maximum absolute atomic E-state index is 12.7. The summed E-state index contributed by atoms with van der Waals surface area (Å²) in [6.07, 6.45) is 0.398. The number of hydrogen-bond acceptors (Lipinski definition) is 4. The van der Waals surface area contributed by atoms with Crippen molar-refractivity contribution in [2.24, 2.45) is 0 Å². The molecule has 1 fully saturated rings. The topological polar surface area (TPSA) is 78.9 Å². The fourth-order valence-electron chi connectivity index (χ4n) is 2.61. The van der Waals surface area contributed by atoms with Crippen LogP contribution in [0.3, 0.4) is 0 Å². The standard InChI is InChI=1S/C16H20Cl2N2O4/c17-11-3-4-12(13(18)10-11)15(20-6-8-24-9-7-20)16(23)19-5-1-2-14(21)22/h3-4,10,15H,1-2,5-9H2,(H,19,23)(H,21,22). The summed E-state index contributed by atoms with van der Waals surface area (Å²) in [6.45, 7) is 2.64. The number of morpholine rings is 1. The number of amides is 1. The minimum Gasteiger partial charge on any atom is -0.481 e. The Kier molecular flexibility index (Phi) is 7.30. The first-order valence-electron chi connectivity index (χ1n) is 7.75. The number of aliphatic carboxylic acids is 1. The first kappa shape index (κ1) is 19.0. The monoisotopic (exact) mass is 374 g/mol. The predicted molar refractivity (Wildman–Crippen MR) is 91.5 cm³/mol. The highest BCUT2D eigenvalue weighted by atomic mass is 35.5. The number of nitrogens with one attached hydrogen (secondary N) is 1. The van der Waals surface area contributed by atoms with E-state index < -0.39 is 12.0 Å². The first-order valence-corrected chi connectivity index (χ1v) is 8.51. The van der Waals surface area contributed by atoms with Crippen LogP contribution < -0.4 is 5.32 Å². The van der Waals surface area contributed by atoms with E-state index in [1.54, 1.807) is 18.2 Å². The molecule has 0 bridgehead atoms. The second-order valence-electron chi connectivity index (χ2n) is 5.51. The van der Waals surface area contributed by atoms with Gasteiger partial charge in [-0.15, -0.1) is 0 Å². The van der Waals surface area contributed by atoms with Gasteiger partial charge in [-0.05, 0) is 24.1 Å². The van der Waals surface area contributed by atoms with Gasteiger partial charge in [-0.2, -0.15) is 0 Å². The summed E-state index contributed by atoms with van der Waals surface area (Å²) in [5.74, 6) is -1.08. The average molecular weight is 375 g/mol. The number of benzene rings is 1. The molecule has 0 aliphatic carbocycles. The van der Waals surface area contributed by atoms with E-state index in [1.807, 2.05) is 4.90 Å². The summed E-state index contributed by atoms with van der Waals surface area (Å²) in [4.78, 5) is 25.3. The molecule has 0 aromatic heterocycles. The van der Waals surface area contributed by atoms with Crippen molar-refractivity contribution in [3.8, 4) is 0 Å². The summed E-state index contributed by atoms with van der Waals surface area (Å²) < 4.78 is 5.35. The smallest absolute Gasteiger partial charge is 0.303 e. The largest absolute Gasteiger partial charge is 0.481 e. The highest BCUT2D eigenvalue weighted by Crippen LogP contribution is 2.30. The van der Waals surface area contributed by atoms with Crippen LogP contribution in [0, 0.1) is 0 Å². The molecule has 8 heteroatoms. The Morgan fingerprint density at radius 1 is 1.29 bits per heavy atom. The third-order valence-corrected chi connectivity index (χ3v) is 4.35. The summed E-state index contributed by atoms with van der Waals surface area (Å²) >= 11 is 12.2. The summed E-state index contributed by atoms with van der Waals surface area (Å²) in [5, 5.41) is 12.4. The zero-order valence-corrected chi connectivity index (χ0v) is 14.6. The number of nitrogens with zero attached hydrogens (tertiary/aromatic N) is 1. The highest BCUT2D eigenvalue weighted by molar-refractivity contribution is 6.35. The summed E-state index contributed by atoms with van der Waals surface area (Å²) in [5.41, 5.74) is 0.679. The molecule has 0 spiro atoms. The van der Waals surface area contributed by atoms with Crippen LogP contribution in [-0.2, 0) is 14.3 Å². The van der Waals surface area contributed by atoms with E-state index in [0.29, 0.717) is 54.9 Å². The van der Waals surface area contributed by atoms with Crippen LogP contribution >= 0.6 is 23.2 Å². The van der Waals surface area contributed by atoms with Crippen LogP contribution in [-0.4, -0.2) is 54.7 Å². The molecular weight excluding hydrogens is 355 g/mol. The van der Waals surface area contributed by atoms with Crippen LogP contribution in [0.4, 0.5) is 0 Å². The van der Waals surface area contributed by atoms with Crippen molar-refractivity contribution in [1.29, 1.82) is 0 Å². The van der Waals surface area contributed by atoms with Gasteiger partial charge in [0, 0.05) is 36.1 Å². The lowest BCUT2D eigenvalue weighted by molar-refractivity contribution is -0.137. The number of carboxylic acids is 1. The van der Waals surface area contributed by atoms with Gasteiger partial charge in [0.05, 0.1) is 13.2 Å². The number of carboxylic acid groups (broad SMARTS) is 1. The number of carbonyl (C=O) groups excluding carboxylic acids is 1. The maximum Gasteiger partial charge on any atom is 0.303 e. The van der Waals surface area contributed by atoms with Crippen LogP contribution in [0.1, 0.15) is 24.4 Å². The zero-order valence-electron chi connectivity index (χ0n) is 13.1. The van der Waals surface area contributed by atoms with Gasteiger partial charge >= 0.3 is 5.97 Å². The Hall–Kier alpha value is -1.34. The van der Waals surface area contributed by atoms with Crippen LogP contribution in [0.25, 0.3) is 0 Å². The molecule has 2 rings (SSSR count). The first-order chi connectivity index (χ1) is 11.5. The van der Waals surface area contributed by atoms with Crippen molar-refractivity contribution >= 4 is 35.1 Å². The third-order valence-electron chi connectivity index (χ3n) is 3.78. The molecule has 1 aliphatic rings. The van der Waals surface area contributed by atoms with Crippen LogP contribution in [0.15, 0.2) is 18.2 Å². The van der Waals surface area contributed by atoms with Gasteiger partial charge in [-0.1, -0.05) is 29.3 Å². The van der Waals surface area contributed by atoms with Crippen LogP contribution in [0.2, 0.25) is 10.0 Å². The van der Waals surface area contributed by atoms with Gasteiger partial charge in [0.15, 0.2) is 0 Å². The van der Waals surface area contributed by atoms with E-state index in [0.717, 1.165) is 0 Å². The second-order valence-corrected chi connectivity index (χ2v) is 6.35. The summed E-state index contributed by atoms with van der Waals surface area (Å²) in [7, 11) is 0. The molecule has 2 N–H and O–H groups in total. The Balaban J connectivity index is 2.12. The van der Waals surface area contributed by atoms with Gasteiger partial charge in [0.1, 0.15) is 6.04 Å². The molecular formula is C16H20Cl2N2O4. The van der Waals surface area contributed by atoms with E-state index in [1.165, 1.54) is 0 Å². The Bertz CT molecular complexity index is 591. The molecule has 1 aromatic rings. The molecule has 1 unspecified atom stereocenters. The van der Waals surface area contributed by atoms with Gasteiger partial charge < -0.3 is 15.2 Å². The molecule has 1 amide bonds. The van der Waals surface area contributed by atoms with Gasteiger partial charge in [-0.25, -0.2) is 0 Å². The molecule has 0 radical (unpaired) electrons. The minimum atomic E-state index is -0.880. The maximum atomic E-state index is 12.7. The highest BCUT2D eigenvalue weighted by Gasteiger charge is 2.30. The quantitative estimate of drug-likeness (QED) is 0.716. The normalized spacial score (nSPS) is 16.6. The van der Waals surface area contributed by atoms with E-state index in [2.05, 4.69) is 5.32 Å². The van der Waals surface area contributed by atoms with Crippen molar-refractivity contribution in [3.05, 3.63) is 33.8 Å². The van der Waals surface area contributed by atoms with Crippen molar-refractivity contribution in [1.82, 2.24) is 10.2 Å². The van der Waals surface area contributed by atoms with E-state index in [-0.39, 0.29) is 12.3 Å². The fraction of sp³-hybridized carbons (Fsp3) is 0.500. The molecule has 1 aliphatic heterocycles. The number of carbonyl (C=O) groups is 2.